The number of anilines is 1. The van der Waals surface area contributed by atoms with E-state index in [2.05, 4.69) is 27.0 Å². The minimum Gasteiger partial charge on any atom is -0.320 e. The molecule has 0 spiro atoms. The molecule has 0 fully saturated rings. The van der Waals surface area contributed by atoms with Gasteiger partial charge in [0, 0.05) is 29.8 Å². The molecular weight excluding hydrogens is 399 g/mol. The van der Waals surface area contributed by atoms with Crippen LogP contribution in [-0.2, 0) is 0 Å². The average Bonchev–Trinajstić information content (AvgIpc) is 2.91. The molecule has 0 saturated carbocycles. The van der Waals surface area contributed by atoms with Crippen molar-refractivity contribution in [2.24, 2.45) is 15.2 Å². The van der Waals surface area contributed by atoms with Crippen LogP contribution in [-0.4, -0.2) is 60.3 Å². The lowest BCUT2D eigenvalue weighted by atomic mass is 9.99. The quantitative estimate of drug-likeness (QED) is 0.527. The van der Waals surface area contributed by atoms with Crippen molar-refractivity contribution in [1.29, 1.82) is 0 Å². The zero-order valence-electron chi connectivity index (χ0n) is 17.5. The molecule has 2 heterocycles. The van der Waals surface area contributed by atoms with Gasteiger partial charge in [0.2, 0.25) is 0 Å². The van der Waals surface area contributed by atoms with E-state index < -0.39 is 10.7 Å². The maximum atomic E-state index is 14.6. The van der Waals surface area contributed by atoms with Gasteiger partial charge >= 0.3 is 0 Å². The summed E-state index contributed by atoms with van der Waals surface area (Å²) in [5.41, 5.74) is 2.70. The molecule has 160 valence electrons. The van der Waals surface area contributed by atoms with Gasteiger partial charge in [0.05, 0.1) is 35.1 Å². The first-order chi connectivity index (χ1) is 15.0. The lowest BCUT2D eigenvalue weighted by Gasteiger charge is -2.29. The Morgan fingerprint density at radius 2 is 2.00 bits per heavy atom. The lowest BCUT2D eigenvalue weighted by Crippen LogP contribution is -2.43. The molecule has 0 saturated heterocycles. The number of nitro benzene ring substituents is 1. The van der Waals surface area contributed by atoms with Crippen LogP contribution in [0.3, 0.4) is 0 Å². The van der Waals surface area contributed by atoms with E-state index >= 15 is 0 Å². The van der Waals surface area contributed by atoms with Gasteiger partial charge in [-0.25, -0.2) is 4.39 Å². The molecule has 0 aromatic heterocycles. The summed E-state index contributed by atoms with van der Waals surface area (Å²) >= 11 is 0. The Labute approximate surface area is 179 Å². The second kappa shape index (κ2) is 8.73. The third-order valence-corrected chi connectivity index (χ3v) is 5.26. The Morgan fingerprint density at radius 3 is 2.74 bits per heavy atom. The molecule has 0 atom stereocenters. The molecule has 31 heavy (non-hydrogen) atoms. The molecule has 0 bridgehead atoms. The molecular formula is C22H23FN6O2. The Kier molecular flexibility index (Phi) is 5.85. The van der Waals surface area contributed by atoms with Gasteiger partial charge in [-0.15, -0.1) is 5.10 Å². The molecule has 0 aliphatic carbocycles. The highest BCUT2D eigenvalue weighted by Gasteiger charge is 2.29. The Balaban J connectivity index is 1.79. The first-order valence-corrected chi connectivity index (χ1v) is 10.1. The molecule has 2 aliphatic rings. The predicted octanol–water partition coefficient (Wildman–Crippen LogP) is 3.50. The Hall–Kier alpha value is -3.46. The number of non-ortho nitro benzene ring substituents is 1. The number of rotatable bonds is 6. The molecule has 9 heteroatoms. The Bertz CT molecular complexity index is 1110. The largest absolute Gasteiger partial charge is 0.320 e. The summed E-state index contributed by atoms with van der Waals surface area (Å²) in [4.78, 5) is 19.7. The van der Waals surface area contributed by atoms with Crippen molar-refractivity contribution in [2.45, 2.75) is 13.3 Å². The smallest absolute Gasteiger partial charge is 0.270 e. The zero-order valence-corrected chi connectivity index (χ0v) is 17.5. The van der Waals surface area contributed by atoms with E-state index in [0.717, 1.165) is 18.7 Å². The lowest BCUT2D eigenvalue weighted by molar-refractivity contribution is -0.384. The molecule has 0 radical (unpaired) electrons. The topological polar surface area (TPSA) is 86.7 Å². The van der Waals surface area contributed by atoms with Gasteiger partial charge in [0.1, 0.15) is 5.82 Å². The van der Waals surface area contributed by atoms with Crippen molar-refractivity contribution < 1.29 is 9.31 Å². The van der Waals surface area contributed by atoms with E-state index in [1.54, 1.807) is 24.3 Å². The van der Waals surface area contributed by atoms with Crippen LogP contribution in [0.2, 0.25) is 0 Å². The van der Waals surface area contributed by atoms with Gasteiger partial charge in [-0.05, 0) is 38.2 Å². The molecule has 2 aromatic rings. The number of halogens is 1. The second-order valence-electron chi connectivity index (χ2n) is 7.61. The van der Waals surface area contributed by atoms with E-state index in [9.17, 15) is 14.5 Å². The highest BCUT2D eigenvalue weighted by molar-refractivity contribution is 6.21. The third-order valence-electron chi connectivity index (χ3n) is 5.26. The molecule has 0 amide bonds. The van der Waals surface area contributed by atoms with Crippen molar-refractivity contribution >= 4 is 28.6 Å². The highest BCUT2D eigenvalue weighted by atomic mass is 19.1. The van der Waals surface area contributed by atoms with Crippen LogP contribution < -0.4 is 4.90 Å². The molecule has 0 N–H and O–H groups in total. The van der Waals surface area contributed by atoms with Gasteiger partial charge in [-0.1, -0.05) is 19.1 Å². The predicted molar refractivity (Wildman–Crippen MR) is 120 cm³/mol. The SMILES string of the molecule is CCCN(C)CC1=NN=C2CN=C(c3ccccc3F)c3cc([N+](=O)[O-])ccc3N2C1. The van der Waals surface area contributed by atoms with Crippen LogP contribution in [0, 0.1) is 15.9 Å². The monoisotopic (exact) mass is 422 g/mol. The zero-order chi connectivity index (χ0) is 22.0. The summed E-state index contributed by atoms with van der Waals surface area (Å²) in [7, 11) is 2.03. The van der Waals surface area contributed by atoms with Crippen LogP contribution in [0.5, 0.6) is 0 Å². The number of nitro groups is 1. The first kappa shape index (κ1) is 20.8. The van der Waals surface area contributed by atoms with E-state index in [1.165, 1.54) is 18.2 Å². The van der Waals surface area contributed by atoms with Crippen molar-refractivity contribution in [3.63, 3.8) is 0 Å². The fourth-order valence-electron chi connectivity index (χ4n) is 3.86. The van der Waals surface area contributed by atoms with E-state index in [-0.39, 0.29) is 12.2 Å². The van der Waals surface area contributed by atoms with Crippen molar-refractivity contribution in [3.8, 4) is 0 Å². The van der Waals surface area contributed by atoms with E-state index in [0.29, 0.717) is 41.5 Å². The maximum absolute atomic E-state index is 14.6. The Morgan fingerprint density at radius 1 is 1.19 bits per heavy atom. The van der Waals surface area contributed by atoms with Gasteiger partial charge in [-0.3, -0.25) is 15.1 Å². The molecule has 2 aliphatic heterocycles. The molecule has 2 aromatic carbocycles. The van der Waals surface area contributed by atoms with Gasteiger partial charge in [-0.2, -0.15) is 5.10 Å². The number of hydrogen-bond acceptors (Lipinski definition) is 7. The van der Waals surface area contributed by atoms with Crippen molar-refractivity contribution in [1.82, 2.24) is 4.90 Å². The molecule has 0 unspecified atom stereocenters. The fourth-order valence-corrected chi connectivity index (χ4v) is 3.86. The van der Waals surface area contributed by atoms with Crippen molar-refractivity contribution in [3.05, 3.63) is 69.5 Å². The first-order valence-electron chi connectivity index (χ1n) is 10.1. The normalized spacial score (nSPS) is 15.5. The summed E-state index contributed by atoms with van der Waals surface area (Å²) in [5.74, 6) is 0.196. The van der Waals surface area contributed by atoms with Crippen molar-refractivity contribution in [2.75, 3.05) is 38.1 Å². The van der Waals surface area contributed by atoms with Gasteiger partial charge in [0.25, 0.3) is 5.69 Å². The molecule has 4 rings (SSSR count). The summed E-state index contributed by atoms with van der Waals surface area (Å²) in [6, 6.07) is 10.9. The summed E-state index contributed by atoms with van der Waals surface area (Å²) < 4.78 is 14.6. The average molecular weight is 422 g/mol. The minimum absolute atomic E-state index is 0.0724. The number of amidine groups is 1. The number of hydrogen-bond donors (Lipinski definition) is 0. The van der Waals surface area contributed by atoms with Gasteiger partial charge < -0.3 is 9.80 Å². The van der Waals surface area contributed by atoms with Gasteiger partial charge in [0.15, 0.2) is 5.84 Å². The van der Waals surface area contributed by atoms with Crippen LogP contribution >= 0.6 is 0 Å². The van der Waals surface area contributed by atoms with Crippen LogP contribution in [0.1, 0.15) is 24.5 Å². The fraction of sp³-hybridized carbons (Fsp3) is 0.318. The van der Waals surface area contributed by atoms with Crippen LogP contribution in [0.25, 0.3) is 0 Å². The number of fused-ring (bicyclic) bond motifs is 3. The third kappa shape index (κ3) is 4.22. The number of nitrogens with zero attached hydrogens (tertiary/aromatic N) is 6. The highest BCUT2D eigenvalue weighted by Crippen LogP contribution is 2.32. The second-order valence-corrected chi connectivity index (χ2v) is 7.61. The van der Waals surface area contributed by atoms with Crippen LogP contribution in [0.15, 0.2) is 57.7 Å². The van der Waals surface area contributed by atoms with E-state index in [1.807, 2.05) is 11.9 Å². The summed E-state index contributed by atoms with van der Waals surface area (Å²) in [6.07, 6.45) is 1.04. The van der Waals surface area contributed by atoms with E-state index in [4.69, 9.17) is 0 Å². The molecule has 8 nitrogen and oxygen atoms in total. The minimum atomic E-state index is -0.456. The maximum Gasteiger partial charge on any atom is 0.270 e. The number of aliphatic imine (C=N–C) groups is 1. The summed E-state index contributed by atoms with van der Waals surface area (Å²) in [5, 5.41) is 20.2. The summed E-state index contributed by atoms with van der Waals surface area (Å²) in [6.45, 7) is 4.43. The van der Waals surface area contributed by atoms with Crippen LogP contribution in [0.4, 0.5) is 15.8 Å². The standard InChI is InChI=1S/C22H23FN6O2/c1-3-10-27(2)13-15-14-28-20-9-8-16(29(30)31)11-18(20)22(24-12-21(28)26-25-15)17-6-4-5-7-19(17)23/h4-9,11H,3,10,12-14H2,1-2H3. The number of benzene rings is 2.